The Morgan fingerprint density at radius 2 is 1.90 bits per heavy atom. The number of aryl methyl sites for hydroxylation is 1. The highest BCUT2D eigenvalue weighted by Crippen LogP contribution is 2.43. The molecule has 112 valence electrons. The van der Waals surface area contributed by atoms with Crippen LogP contribution in [0.25, 0.3) is 0 Å². The predicted octanol–water partition coefficient (Wildman–Crippen LogP) is 1.48. The van der Waals surface area contributed by atoms with Crippen LogP contribution in [0.4, 0.5) is 0 Å². The molecule has 5 nitrogen and oxygen atoms in total. The number of methoxy groups -OCH3 is 1. The van der Waals surface area contributed by atoms with Gasteiger partial charge in [-0.25, -0.2) is 0 Å². The summed E-state index contributed by atoms with van der Waals surface area (Å²) in [7, 11) is 1.54. The molecule has 3 rings (SSSR count). The molecule has 1 fully saturated rings. The topological polar surface area (TPSA) is 83.8 Å². The molecule has 0 radical (unpaired) electrons. The van der Waals surface area contributed by atoms with Crippen LogP contribution in [0, 0.1) is 18.8 Å². The number of phenols is 1. The standard InChI is InChI=1S/C16H18O5/c1-7-3-9-13(11(17)4-7)16(20)14-10(15(9)19)5-8(21-2)6-12(14)18/h3-4,8,10,12,14,17-18H,5-6H2,1-2H3/t8-,10+,12+,14-/m1/s1. The number of rotatable bonds is 1. The first-order valence-electron chi connectivity index (χ1n) is 7.07. The molecule has 0 heterocycles. The summed E-state index contributed by atoms with van der Waals surface area (Å²) >= 11 is 0. The lowest BCUT2D eigenvalue weighted by molar-refractivity contribution is -0.0352. The Bertz CT molecular complexity index is 621. The Hall–Kier alpha value is -1.72. The first kappa shape index (κ1) is 14.2. The second kappa shape index (κ2) is 4.93. The van der Waals surface area contributed by atoms with Crippen molar-refractivity contribution in [3.05, 3.63) is 28.8 Å². The molecule has 2 aliphatic rings. The number of ether oxygens (including phenoxy) is 1. The maximum atomic E-state index is 12.7. The Labute approximate surface area is 122 Å². The Morgan fingerprint density at radius 1 is 1.19 bits per heavy atom. The zero-order chi connectivity index (χ0) is 15.3. The quantitative estimate of drug-likeness (QED) is 0.818. The lowest BCUT2D eigenvalue weighted by Crippen LogP contribution is -2.49. The third kappa shape index (κ3) is 2.08. The van der Waals surface area contributed by atoms with Gasteiger partial charge in [-0.1, -0.05) is 0 Å². The van der Waals surface area contributed by atoms with Gasteiger partial charge in [0.2, 0.25) is 0 Å². The number of phenolic OH excluding ortho intramolecular Hbond substituents is 1. The molecule has 1 aromatic rings. The van der Waals surface area contributed by atoms with Gasteiger partial charge in [-0.05, 0) is 31.0 Å². The Morgan fingerprint density at radius 3 is 2.57 bits per heavy atom. The van der Waals surface area contributed by atoms with Gasteiger partial charge >= 0.3 is 0 Å². The minimum Gasteiger partial charge on any atom is -0.507 e. The Kier molecular flexibility index (Phi) is 3.34. The second-order valence-corrected chi connectivity index (χ2v) is 5.96. The number of ketones is 2. The summed E-state index contributed by atoms with van der Waals surface area (Å²) in [5, 5.41) is 20.3. The van der Waals surface area contributed by atoms with Gasteiger partial charge in [0, 0.05) is 25.0 Å². The highest BCUT2D eigenvalue weighted by molar-refractivity contribution is 6.17. The average molecular weight is 290 g/mol. The number of hydrogen-bond donors (Lipinski definition) is 2. The van der Waals surface area contributed by atoms with E-state index in [2.05, 4.69) is 0 Å². The van der Waals surface area contributed by atoms with E-state index in [1.807, 2.05) is 0 Å². The van der Waals surface area contributed by atoms with Crippen LogP contribution in [-0.2, 0) is 4.74 Å². The van der Waals surface area contributed by atoms with E-state index < -0.39 is 17.9 Å². The molecular formula is C16H18O5. The minimum atomic E-state index is -0.918. The largest absolute Gasteiger partial charge is 0.507 e. The molecule has 4 atom stereocenters. The fraction of sp³-hybridized carbons (Fsp3) is 0.500. The van der Waals surface area contributed by atoms with Crippen molar-refractivity contribution >= 4 is 11.6 Å². The first-order chi connectivity index (χ1) is 9.93. The van der Waals surface area contributed by atoms with Crippen molar-refractivity contribution in [3.63, 3.8) is 0 Å². The zero-order valence-corrected chi connectivity index (χ0v) is 12.0. The molecule has 0 saturated heterocycles. The molecule has 0 aromatic heterocycles. The highest BCUT2D eigenvalue weighted by atomic mass is 16.5. The third-order valence-electron chi connectivity index (χ3n) is 4.62. The van der Waals surface area contributed by atoms with E-state index in [9.17, 15) is 19.8 Å². The fourth-order valence-electron chi connectivity index (χ4n) is 3.62. The maximum Gasteiger partial charge on any atom is 0.173 e. The average Bonchev–Trinajstić information content (AvgIpc) is 2.43. The zero-order valence-electron chi connectivity index (χ0n) is 12.0. The molecule has 21 heavy (non-hydrogen) atoms. The van der Waals surface area contributed by atoms with Gasteiger partial charge in [-0.15, -0.1) is 0 Å². The van der Waals surface area contributed by atoms with Gasteiger partial charge in [-0.2, -0.15) is 0 Å². The van der Waals surface area contributed by atoms with E-state index in [4.69, 9.17) is 4.74 Å². The van der Waals surface area contributed by atoms with E-state index >= 15 is 0 Å². The van der Waals surface area contributed by atoms with Crippen LogP contribution in [0.1, 0.15) is 39.1 Å². The van der Waals surface area contributed by atoms with Crippen molar-refractivity contribution in [2.75, 3.05) is 7.11 Å². The molecular weight excluding hydrogens is 272 g/mol. The number of benzene rings is 1. The van der Waals surface area contributed by atoms with Crippen LogP contribution < -0.4 is 0 Å². The number of aliphatic hydroxyl groups excluding tert-OH is 1. The number of aromatic hydroxyl groups is 1. The molecule has 0 aliphatic heterocycles. The lowest BCUT2D eigenvalue weighted by atomic mass is 9.65. The SMILES string of the molecule is CO[C@@H]1C[C@@H]2C(=O)c3cc(C)cc(O)c3C(=O)[C@H]2[C@@H](O)C1. The summed E-state index contributed by atoms with van der Waals surface area (Å²) in [6, 6.07) is 3.10. The summed E-state index contributed by atoms with van der Waals surface area (Å²) in [6.07, 6.45) is -0.382. The summed E-state index contributed by atoms with van der Waals surface area (Å²) in [5.41, 5.74) is 1.05. The van der Waals surface area contributed by atoms with Crippen LogP contribution >= 0.6 is 0 Å². The highest BCUT2D eigenvalue weighted by Gasteiger charge is 2.50. The van der Waals surface area contributed by atoms with Gasteiger partial charge in [0.25, 0.3) is 0 Å². The van der Waals surface area contributed by atoms with Crippen molar-refractivity contribution in [3.8, 4) is 5.75 Å². The fourth-order valence-corrected chi connectivity index (χ4v) is 3.62. The summed E-state index contributed by atoms with van der Waals surface area (Å²) < 4.78 is 5.26. The molecule has 1 aromatic carbocycles. The van der Waals surface area contributed by atoms with E-state index in [1.54, 1.807) is 13.0 Å². The van der Waals surface area contributed by atoms with Crippen LogP contribution in [-0.4, -0.2) is 41.1 Å². The third-order valence-corrected chi connectivity index (χ3v) is 4.62. The number of Topliss-reactive ketones (excluding diaryl/α,β-unsaturated/α-hetero) is 2. The molecule has 2 N–H and O–H groups in total. The molecule has 0 amide bonds. The molecule has 0 bridgehead atoms. The van der Waals surface area contributed by atoms with Gasteiger partial charge < -0.3 is 14.9 Å². The van der Waals surface area contributed by atoms with E-state index in [-0.39, 0.29) is 34.5 Å². The van der Waals surface area contributed by atoms with Crippen LogP contribution in [0.15, 0.2) is 12.1 Å². The normalized spacial score (nSPS) is 31.8. The van der Waals surface area contributed by atoms with Crippen LogP contribution in [0.2, 0.25) is 0 Å². The molecule has 1 saturated carbocycles. The van der Waals surface area contributed by atoms with Gasteiger partial charge in [-0.3, -0.25) is 9.59 Å². The summed E-state index contributed by atoms with van der Waals surface area (Å²) in [5.74, 6) is -2.05. The van der Waals surface area contributed by atoms with Gasteiger partial charge in [0.1, 0.15) is 5.75 Å². The number of carbonyl (C=O) groups is 2. The summed E-state index contributed by atoms with van der Waals surface area (Å²) in [6.45, 7) is 1.76. The molecule has 0 unspecified atom stereocenters. The van der Waals surface area contributed by atoms with Crippen LogP contribution in [0.3, 0.4) is 0 Å². The second-order valence-electron chi connectivity index (χ2n) is 5.96. The van der Waals surface area contributed by atoms with E-state index in [1.165, 1.54) is 13.2 Å². The first-order valence-corrected chi connectivity index (χ1v) is 7.07. The molecule has 0 spiro atoms. The number of hydrogen-bond acceptors (Lipinski definition) is 5. The monoisotopic (exact) mass is 290 g/mol. The van der Waals surface area contributed by atoms with E-state index in [0.717, 1.165) is 5.56 Å². The minimum absolute atomic E-state index is 0.0572. The van der Waals surface area contributed by atoms with Gasteiger partial charge in [0.15, 0.2) is 11.6 Å². The molecule has 2 aliphatic carbocycles. The Balaban J connectivity index is 2.12. The summed E-state index contributed by atoms with van der Waals surface area (Å²) in [4.78, 5) is 25.3. The van der Waals surface area contributed by atoms with E-state index in [0.29, 0.717) is 12.8 Å². The number of aliphatic hydroxyl groups is 1. The maximum absolute atomic E-state index is 12.7. The number of fused-ring (bicyclic) bond motifs is 2. The van der Waals surface area contributed by atoms with Crippen molar-refractivity contribution in [1.82, 2.24) is 0 Å². The number of carbonyl (C=O) groups excluding carboxylic acids is 2. The predicted molar refractivity (Wildman–Crippen MR) is 74.5 cm³/mol. The van der Waals surface area contributed by atoms with Gasteiger partial charge in [0.05, 0.1) is 23.7 Å². The molecule has 5 heteroatoms. The smallest absolute Gasteiger partial charge is 0.173 e. The van der Waals surface area contributed by atoms with Crippen molar-refractivity contribution in [1.29, 1.82) is 0 Å². The van der Waals surface area contributed by atoms with Crippen molar-refractivity contribution < 1.29 is 24.5 Å². The van der Waals surface area contributed by atoms with Crippen molar-refractivity contribution in [2.24, 2.45) is 11.8 Å². The lowest BCUT2D eigenvalue weighted by Gasteiger charge is -2.40. The van der Waals surface area contributed by atoms with Crippen molar-refractivity contribution in [2.45, 2.75) is 32.0 Å². The van der Waals surface area contributed by atoms with Crippen LogP contribution in [0.5, 0.6) is 5.75 Å².